The Morgan fingerprint density at radius 3 is 2.27 bits per heavy atom. The minimum atomic E-state index is -1.00. The summed E-state index contributed by atoms with van der Waals surface area (Å²) in [5.41, 5.74) is 16.7. The third-order valence-corrected chi connectivity index (χ3v) is 7.17. The van der Waals surface area contributed by atoms with E-state index in [2.05, 4.69) is 41.2 Å². The van der Waals surface area contributed by atoms with Crippen molar-refractivity contribution >= 4 is 43.6 Å². The van der Waals surface area contributed by atoms with Crippen LogP contribution in [0.4, 0.5) is 5.95 Å². The average Bonchev–Trinajstić information content (AvgIpc) is 3.34. The number of amides is 4. The quantitative estimate of drug-likeness (QED) is 0.0662. The standard InChI is InChI=1S/C24H44N11O4P/c1-4-15(18(25)36)29-20(37)16(11-8-12-28-23(26)35-40(2)3)30-21(38)17(13-14-9-6-5-7-10-14)31-22(39)19-32-24(27)34-33-19/h14-17H,4-13H2,1-3H3,(H11,25,26,27,28,29,30,31,32,33,34,35,36,37,38,39)/p-1/t15-,16-,17-/m0/s1. The van der Waals surface area contributed by atoms with Gasteiger partial charge in [-0.15, -0.1) is 5.10 Å². The van der Waals surface area contributed by atoms with Crippen LogP contribution in [0.25, 0.3) is 5.32 Å². The van der Waals surface area contributed by atoms with Crippen LogP contribution in [0.3, 0.4) is 0 Å². The van der Waals surface area contributed by atoms with Gasteiger partial charge in [-0.05, 0) is 51.5 Å². The van der Waals surface area contributed by atoms with Crippen molar-refractivity contribution < 1.29 is 19.2 Å². The van der Waals surface area contributed by atoms with Gasteiger partial charge in [-0.2, -0.15) is 4.98 Å². The number of carbonyl (C=O) groups is 4. The molecule has 16 heteroatoms. The number of nitrogens with zero attached hydrogens (tertiary/aromatic N) is 4. The largest absolute Gasteiger partial charge is 0.454 e. The summed E-state index contributed by atoms with van der Waals surface area (Å²) in [6, 6.07) is -2.83. The van der Waals surface area contributed by atoms with Gasteiger partial charge in [0.2, 0.25) is 29.5 Å². The maximum Gasteiger partial charge on any atom is 0.289 e. The van der Waals surface area contributed by atoms with E-state index in [-0.39, 0.29) is 30.1 Å². The van der Waals surface area contributed by atoms with Crippen LogP contribution >= 0.6 is 8.07 Å². The lowest BCUT2D eigenvalue weighted by atomic mass is 9.84. The molecule has 1 aromatic rings. The number of primary amides is 1. The molecule has 1 aliphatic rings. The van der Waals surface area contributed by atoms with Gasteiger partial charge in [-0.1, -0.05) is 47.1 Å². The second kappa shape index (κ2) is 16.6. The summed E-state index contributed by atoms with van der Waals surface area (Å²) in [7, 11) is -0.599. The normalized spacial score (nSPS) is 16.6. The molecule has 15 nitrogen and oxygen atoms in total. The van der Waals surface area contributed by atoms with Crippen molar-refractivity contribution in [2.75, 3.05) is 25.6 Å². The molecule has 0 spiro atoms. The van der Waals surface area contributed by atoms with Gasteiger partial charge in [-0.25, -0.2) is 0 Å². The molecular weight excluding hydrogens is 537 g/mol. The van der Waals surface area contributed by atoms with Crippen LogP contribution < -0.4 is 33.2 Å². The van der Waals surface area contributed by atoms with Gasteiger partial charge in [0.1, 0.15) is 18.1 Å². The van der Waals surface area contributed by atoms with Gasteiger partial charge in [0.25, 0.3) is 5.91 Å². The minimum absolute atomic E-state index is 0.0966. The number of hydrogen-bond donors (Lipinski definition) is 7. The van der Waals surface area contributed by atoms with E-state index in [1.54, 1.807) is 6.92 Å². The van der Waals surface area contributed by atoms with E-state index >= 15 is 0 Å². The summed E-state index contributed by atoms with van der Waals surface area (Å²) in [5, 5.41) is 18.4. The predicted octanol–water partition coefficient (Wildman–Crippen LogP) is 0.446. The molecule has 0 aromatic carbocycles. The number of nitrogen functional groups attached to an aromatic ring is 1. The first kappa shape index (κ1) is 32.7. The second-order valence-corrected chi connectivity index (χ2v) is 12.0. The molecule has 1 fully saturated rings. The van der Waals surface area contributed by atoms with Crippen molar-refractivity contribution in [3.05, 3.63) is 11.1 Å². The molecule has 0 bridgehead atoms. The fourth-order valence-corrected chi connectivity index (χ4v) is 4.98. The fourth-order valence-electron chi connectivity index (χ4n) is 4.50. The fraction of sp³-hybridized carbons (Fsp3) is 0.708. The Morgan fingerprint density at radius 2 is 1.70 bits per heavy atom. The van der Waals surface area contributed by atoms with E-state index in [1.165, 1.54) is 0 Å². The summed E-state index contributed by atoms with van der Waals surface area (Å²) < 4.78 is 4.21. The predicted molar refractivity (Wildman–Crippen MR) is 154 cm³/mol. The van der Waals surface area contributed by atoms with Crippen molar-refractivity contribution in [1.82, 2.24) is 31.1 Å². The Morgan fingerprint density at radius 1 is 1.05 bits per heavy atom. The lowest BCUT2D eigenvalue weighted by Gasteiger charge is -2.28. The Balaban J connectivity index is 2.16. The maximum absolute atomic E-state index is 13.5. The van der Waals surface area contributed by atoms with Crippen LogP contribution in [0.5, 0.6) is 0 Å². The Bertz CT molecular complexity index is 1030. The van der Waals surface area contributed by atoms with Crippen LogP contribution in [0.15, 0.2) is 4.76 Å². The van der Waals surface area contributed by atoms with E-state index in [0.29, 0.717) is 25.8 Å². The van der Waals surface area contributed by atoms with E-state index in [9.17, 15) is 19.2 Å². The maximum atomic E-state index is 13.5. The highest BCUT2D eigenvalue weighted by atomic mass is 31.1. The summed E-state index contributed by atoms with van der Waals surface area (Å²) in [6.45, 7) is 5.89. The molecule has 40 heavy (non-hydrogen) atoms. The molecule has 1 aromatic heterocycles. The zero-order valence-corrected chi connectivity index (χ0v) is 24.4. The number of aromatic amines is 1. The number of hydrogen-bond acceptors (Lipinski definition) is 8. The first-order valence-corrected chi connectivity index (χ1v) is 15.8. The first-order chi connectivity index (χ1) is 19.0. The number of rotatable bonds is 15. The minimum Gasteiger partial charge on any atom is -0.454 e. The topological polar surface area (TPSA) is 250 Å². The van der Waals surface area contributed by atoms with E-state index in [1.807, 2.05) is 13.3 Å². The number of aromatic nitrogens is 3. The highest BCUT2D eigenvalue weighted by Crippen LogP contribution is 2.28. The van der Waals surface area contributed by atoms with Crippen molar-refractivity contribution in [3.8, 4) is 0 Å². The number of H-pyrrole nitrogens is 1. The highest BCUT2D eigenvalue weighted by Gasteiger charge is 2.31. The van der Waals surface area contributed by atoms with E-state index < -0.39 is 49.8 Å². The molecular formula is C24H43N11O4P-. The molecule has 224 valence electrons. The molecule has 0 unspecified atom stereocenters. The van der Waals surface area contributed by atoms with Crippen molar-refractivity contribution in [2.24, 2.45) is 22.1 Å². The monoisotopic (exact) mass is 580 g/mol. The summed E-state index contributed by atoms with van der Waals surface area (Å²) in [4.78, 5) is 55.0. The van der Waals surface area contributed by atoms with Gasteiger partial charge < -0.3 is 43.2 Å². The van der Waals surface area contributed by atoms with Gasteiger partial charge in [0, 0.05) is 5.96 Å². The lowest BCUT2D eigenvalue weighted by Crippen LogP contribution is -2.56. The zero-order valence-electron chi connectivity index (χ0n) is 23.5. The smallest absolute Gasteiger partial charge is 0.289 e. The molecule has 1 heterocycles. The summed E-state index contributed by atoms with van der Waals surface area (Å²) in [6.07, 6.45) is 6.43. The van der Waals surface area contributed by atoms with Gasteiger partial charge in [-0.3, -0.25) is 24.3 Å². The molecule has 3 atom stereocenters. The van der Waals surface area contributed by atoms with Gasteiger partial charge in [0.05, 0.1) is 0 Å². The summed E-state index contributed by atoms with van der Waals surface area (Å²) in [5.74, 6) is -2.20. The molecule has 1 aliphatic carbocycles. The van der Waals surface area contributed by atoms with E-state index in [4.69, 9.17) is 17.2 Å². The van der Waals surface area contributed by atoms with Gasteiger partial charge >= 0.3 is 0 Å². The SMILES string of the molecule is CC[C@H](NC(=O)[C@H](CCC[N-]/C(N)=N/P(C)C)NC(=O)[C@H](CC1CCCCC1)NC(=O)c1nc(N)n[nH]1)C(N)=O. The lowest BCUT2D eigenvalue weighted by molar-refractivity contribution is -0.132. The molecule has 0 aliphatic heterocycles. The van der Waals surface area contributed by atoms with E-state index in [0.717, 1.165) is 32.1 Å². The zero-order chi connectivity index (χ0) is 29.7. The van der Waals surface area contributed by atoms with Crippen molar-refractivity contribution in [3.63, 3.8) is 0 Å². The average molecular weight is 581 g/mol. The molecule has 1 saturated carbocycles. The highest BCUT2D eigenvalue weighted by molar-refractivity contribution is 7.54. The third kappa shape index (κ3) is 11.3. The Kier molecular flexibility index (Phi) is 13.6. The van der Waals surface area contributed by atoms with Crippen LogP contribution in [0.2, 0.25) is 0 Å². The second-order valence-electron chi connectivity index (χ2n) is 10.1. The third-order valence-electron chi connectivity index (χ3n) is 6.56. The van der Waals surface area contributed by atoms with Crippen LogP contribution in [-0.2, 0) is 14.4 Å². The number of guanidine groups is 1. The van der Waals surface area contributed by atoms with Crippen molar-refractivity contribution in [2.45, 2.75) is 82.8 Å². The Labute approximate surface area is 235 Å². The Hall–Kier alpha value is -3.48. The molecule has 10 N–H and O–H groups in total. The first-order valence-electron chi connectivity index (χ1n) is 13.6. The molecule has 4 amide bonds. The van der Waals surface area contributed by atoms with Gasteiger partial charge in [0.15, 0.2) is 0 Å². The summed E-state index contributed by atoms with van der Waals surface area (Å²) >= 11 is 0. The van der Waals surface area contributed by atoms with Crippen LogP contribution in [0.1, 0.15) is 75.3 Å². The molecule has 0 saturated heterocycles. The number of anilines is 1. The molecule has 0 radical (unpaired) electrons. The number of nitrogens with one attached hydrogen (secondary N) is 4. The van der Waals surface area contributed by atoms with Crippen molar-refractivity contribution in [1.29, 1.82) is 0 Å². The van der Waals surface area contributed by atoms with Crippen LogP contribution in [-0.4, -0.2) is 82.8 Å². The number of nitrogens with two attached hydrogens (primary N) is 3. The van der Waals surface area contributed by atoms with Crippen LogP contribution in [0, 0.1) is 5.92 Å². The number of carbonyl (C=O) groups excluding carboxylic acids is 4. The molecule has 2 rings (SSSR count).